The number of benzene rings is 1. The SMILES string of the molecule is Cn1nccc1[C@H]1CCCCC[C@@H]1Oc1ccc([S+]([O-])Nc2ccncn2)c(F)c1F. The van der Waals surface area contributed by atoms with Crippen molar-refractivity contribution >= 4 is 17.2 Å². The Balaban J connectivity index is 1.55. The molecule has 4 rings (SSSR count). The maximum absolute atomic E-state index is 14.9. The molecule has 3 atom stereocenters. The van der Waals surface area contributed by atoms with E-state index in [2.05, 4.69) is 19.8 Å². The standard InChI is InChI=1S/C21H23F2N5O2S/c1-28-15(9-12-26-28)14-5-3-2-4-6-16(14)30-17-7-8-18(21(23)20(17)22)31(29)27-19-10-11-24-13-25-19/h7-14,16H,2-6H2,1H3,(H,24,25,27)/t14-,16+,31?/m1/s1. The molecule has 0 spiro atoms. The lowest BCUT2D eigenvalue weighted by Gasteiger charge is -2.26. The Bertz CT molecular complexity index is 1020. The zero-order valence-electron chi connectivity index (χ0n) is 17.0. The fourth-order valence-corrected chi connectivity index (χ4v) is 4.78. The highest BCUT2D eigenvalue weighted by Gasteiger charge is 2.31. The summed E-state index contributed by atoms with van der Waals surface area (Å²) in [7, 11) is 1.87. The van der Waals surface area contributed by atoms with E-state index in [1.165, 1.54) is 30.7 Å². The number of rotatable bonds is 6. The van der Waals surface area contributed by atoms with Crippen molar-refractivity contribution in [3.8, 4) is 5.75 Å². The van der Waals surface area contributed by atoms with Crippen LogP contribution in [0.3, 0.4) is 0 Å². The van der Waals surface area contributed by atoms with Crippen LogP contribution in [-0.4, -0.2) is 30.4 Å². The summed E-state index contributed by atoms with van der Waals surface area (Å²) in [6.07, 6.45) is 8.82. The van der Waals surface area contributed by atoms with Gasteiger partial charge in [-0.2, -0.15) is 18.6 Å². The van der Waals surface area contributed by atoms with Gasteiger partial charge in [0.25, 0.3) is 0 Å². The second-order valence-corrected chi connectivity index (χ2v) is 8.62. The Labute approximate surface area is 182 Å². The van der Waals surface area contributed by atoms with E-state index in [9.17, 15) is 13.3 Å². The summed E-state index contributed by atoms with van der Waals surface area (Å²) in [6, 6.07) is 6.02. The van der Waals surface area contributed by atoms with Crippen molar-refractivity contribution in [3.05, 3.63) is 60.3 Å². The predicted molar refractivity (Wildman–Crippen MR) is 112 cm³/mol. The molecule has 0 bridgehead atoms. The minimum Gasteiger partial charge on any atom is -0.588 e. The average molecular weight is 448 g/mol. The predicted octanol–water partition coefficient (Wildman–Crippen LogP) is 4.12. The summed E-state index contributed by atoms with van der Waals surface area (Å²) < 4.78 is 52.4. The van der Waals surface area contributed by atoms with Gasteiger partial charge < -0.3 is 9.29 Å². The highest BCUT2D eigenvalue weighted by Crippen LogP contribution is 2.36. The molecule has 0 aliphatic heterocycles. The van der Waals surface area contributed by atoms with Crippen molar-refractivity contribution in [2.24, 2.45) is 7.05 Å². The molecule has 2 heterocycles. The van der Waals surface area contributed by atoms with E-state index in [1.807, 2.05) is 13.1 Å². The molecule has 10 heteroatoms. The van der Waals surface area contributed by atoms with Crippen LogP contribution in [0, 0.1) is 11.6 Å². The van der Waals surface area contributed by atoms with Gasteiger partial charge in [0, 0.05) is 43.2 Å². The van der Waals surface area contributed by atoms with Crippen molar-refractivity contribution < 1.29 is 18.1 Å². The molecule has 7 nitrogen and oxygen atoms in total. The topological polar surface area (TPSA) is 87.9 Å². The van der Waals surface area contributed by atoms with Crippen LogP contribution in [0.4, 0.5) is 14.6 Å². The van der Waals surface area contributed by atoms with E-state index < -0.39 is 23.0 Å². The zero-order valence-corrected chi connectivity index (χ0v) is 17.8. The molecule has 164 valence electrons. The second-order valence-electron chi connectivity index (χ2n) is 7.44. The van der Waals surface area contributed by atoms with Gasteiger partial charge in [-0.15, -0.1) is 0 Å². The Morgan fingerprint density at radius 3 is 2.68 bits per heavy atom. The van der Waals surface area contributed by atoms with Crippen LogP contribution < -0.4 is 9.46 Å². The first-order chi connectivity index (χ1) is 15.0. The molecule has 1 N–H and O–H groups in total. The van der Waals surface area contributed by atoms with Crippen LogP contribution in [0.5, 0.6) is 5.75 Å². The van der Waals surface area contributed by atoms with Gasteiger partial charge in [-0.05, 0) is 31.4 Å². The molecule has 31 heavy (non-hydrogen) atoms. The van der Waals surface area contributed by atoms with E-state index >= 15 is 0 Å². The first-order valence-electron chi connectivity index (χ1n) is 10.1. The number of nitrogens with zero attached hydrogens (tertiary/aromatic N) is 4. The van der Waals surface area contributed by atoms with Crippen LogP contribution in [0.15, 0.2) is 47.9 Å². The number of aromatic nitrogens is 4. The van der Waals surface area contributed by atoms with Gasteiger partial charge in [-0.25, -0.2) is 9.97 Å². The minimum atomic E-state index is -2.03. The summed E-state index contributed by atoms with van der Waals surface area (Å²) in [5.41, 5.74) is 1.01. The van der Waals surface area contributed by atoms with E-state index in [4.69, 9.17) is 4.74 Å². The summed E-state index contributed by atoms with van der Waals surface area (Å²) in [6.45, 7) is 0. The van der Waals surface area contributed by atoms with E-state index in [0.29, 0.717) is 0 Å². The second kappa shape index (κ2) is 9.61. The number of anilines is 1. The molecule has 1 aliphatic carbocycles. The van der Waals surface area contributed by atoms with Crippen molar-refractivity contribution in [3.63, 3.8) is 0 Å². The van der Waals surface area contributed by atoms with Crippen molar-refractivity contribution in [2.45, 2.75) is 49.0 Å². The van der Waals surface area contributed by atoms with E-state index in [-0.39, 0.29) is 28.5 Å². The fraction of sp³-hybridized carbons (Fsp3) is 0.381. The number of halogens is 2. The molecular formula is C21H23F2N5O2S. The maximum Gasteiger partial charge on any atom is 0.220 e. The molecule has 1 aromatic carbocycles. The summed E-state index contributed by atoms with van der Waals surface area (Å²) in [5, 5.41) is 4.24. The number of hydrogen-bond donors (Lipinski definition) is 1. The van der Waals surface area contributed by atoms with Crippen LogP contribution in [-0.2, 0) is 18.4 Å². The highest BCUT2D eigenvalue weighted by molar-refractivity contribution is 7.92. The van der Waals surface area contributed by atoms with E-state index in [0.717, 1.165) is 37.8 Å². The number of hydrogen-bond acceptors (Lipinski definition) is 6. The molecule has 1 unspecified atom stereocenters. The highest BCUT2D eigenvalue weighted by atomic mass is 32.2. The molecule has 0 radical (unpaired) electrons. The van der Waals surface area contributed by atoms with Crippen LogP contribution in [0.1, 0.15) is 43.7 Å². The van der Waals surface area contributed by atoms with E-state index in [1.54, 1.807) is 10.9 Å². The lowest BCUT2D eigenvalue weighted by Crippen LogP contribution is -2.27. The summed E-state index contributed by atoms with van der Waals surface area (Å²) >= 11 is -2.03. The van der Waals surface area contributed by atoms with Crippen molar-refractivity contribution in [1.82, 2.24) is 19.7 Å². The van der Waals surface area contributed by atoms with Crippen LogP contribution in [0.2, 0.25) is 0 Å². The fourth-order valence-electron chi connectivity index (χ4n) is 3.91. The lowest BCUT2D eigenvalue weighted by molar-refractivity contribution is 0.149. The van der Waals surface area contributed by atoms with Crippen molar-refractivity contribution in [1.29, 1.82) is 0 Å². The Kier molecular flexibility index (Phi) is 6.67. The monoisotopic (exact) mass is 447 g/mol. The van der Waals surface area contributed by atoms with Gasteiger partial charge in [0.05, 0.1) is 0 Å². The number of ether oxygens (including phenoxy) is 1. The van der Waals surface area contributed by atoms with Gasteiger partial charge in [-0.1, -0.05) is 12.8 Å². The molecule has 1 saturated carbocycles. The molecule has 3 aromatic rings. The summed E-state index contributed by atoms with van der Waals surface area (Å²) in [4.78, 5) is 7.32. The van der Waals surface area contributed by atoms with Crippen molar-refractivity contribution in [2.75, 3.05) is 4.72 Å². The van der Waals surface area contributed by atoms with Gasteiger partial charge >= 0.3 is 0 Å². The smallest absolute Gasteiger partial charge is 0.220 e. The quantitative estimate of drug-likeness (QED) is 0.452. The molecule has 0 saturated heterocycles. The molecule has 1 fully saturated rings. The third kappa shape index (κ3) is 4.80. The number of aryl methyl sites for hydroxylation is 1. The van der Waals surface area contributed by atoms with Gasteiger partial charge in [0.2, 0.25) is 16.5 Å². The Hall–Kier alpha value is -2.72. The van der Waals surface area contributed by atoms with Crippen LogP contribution >= 0.6 is 0 Å². The molecule has 1 aliphatic rings. The van der Waals surface area contributed by atoms with Gasteiger partial charge in [0.1, 0.15) is 23.8 Å². The largest absolute Gasteiger partial charge is 0.588 e. The molecular weight excluding hydrogens is 424 g/mol. The van der Waals surface area contributed by atoms with Crippen LogP contribution in [0.25, 0.3) is 0 Å². The molecule has 0 amide bonds. The third-order valence-electron chi connectivity index (χ3n) is 5.46. The Morgan fingerprint density at radius 1 is 1.10 bits per heavy atom. The van der Waals surface area contributed by atoms with Gasteiger partial charge in [0.15, 0.2) is 11.6 Å². The van der Waals surface area contributed by atoms with Gasteiger partial charge in [-0.3, -0.25) is 4.68 Å². The first-order valence-corrected chi connectivity index (χ1v) is 11.3. The third-order valence-corrected chi connectivity index (χ3v) is 6.57. The number of nitrogens with one attached hydrogen (secondary N) is 1. The maximum atomic E-state index is 14.9. The Morgan fingerprint density at radius 2 is 1.94 bits per heavy atom. The normalized spacial score (nSPS) is 20.1. The zero-order chi connectivity index (χ0) is 21.8. The molecule has 2 aromatic heterocycles. The lowest BCUT2D eigenvalue weighted by atomic mass is 9.93. The summed E-state index contributed by atoms with van der Waals surface area (Å²) in [5.74, 6) is -2.26. The average Bonchev–Trinajstić information content (AvgIpc) is 3.06. The minimum absolute atomic E-state index is 0.0331. The first kappa shape index (κ1) is 21.5.